The average Bonchev–Trinajstić information content (AvgIpc) is 2.93. The van der Waals surface area contributed by atoms with Crippen LogP contribution in [0.2, 0.25) is 0 Å². The molecule has 9 heteroatoms. The molecule has 0 spiro atoms. The van der Waals surface area contributed by atoms with Crippen molar-refractivity contribution in [1.82, 2.24) is 5.32 Å². The normalized spacial score (nSPS) is 11.1. The van der Waals surface area contributed by atoms with Gasteiger partial charge in [0, 0.05) is 6.07 Å². The van der Waals surface area contributed by atoms with E-state index < -0.39 is 22.5 Å². The summed E-state index contributed by atoms with van der Waals surface area (Å²) in [5.74, 6) is 0.901. The van der Waals surface area contributed by atoms with E-state index in [9.17, 15) is 13.2 Å². The Morgan fingerprint density at radius 2 is 1.55 bits per heavy atom. The summed E-state index contributed by atoms with van der Waals surface area (Å²) < 4.78 is 44.9. The van der Waals surface area contributed by atoms with Crippen molar-refractivity contribution < 1.29 is 27.4 Å². The number of carbonyl (C=O) groups excluding carboxylic acids is 1. The van der Waals surface area contributed by atoms with Gasteiger partial charge in [0.15, 0.2) is 0 Å². The van der Waals surface area contributed by atoms with Gasteiger partial charge in [-0.2, -0.15) is 0 Å². The molecule has 0 saturated heterocycles. The molecule has 4 aromatic rings. The van der Waals surface area contributed by atoms with Gasteiger partial charge in [-0.25, -0.2) is 8.42 Å². The van der Waals surface area contributed by atoms with Crippen LogP contribution in [-0.2, 0) is 14.8 Å². The lowest BCUT2D eigenvalue weighted by Gasteiger charge is -2.26. The molecule has 0 aliphatic rings. The molecule has 0 aromatic heterocycles. The van der Waals surface area contributed by atoms with Gasteiger partial charge in [-0.1, -0.05) is 48.0 Å². The number of hydrogen-bond donors (Lipinski definition) is 1. The monoisotopic (exact) mass is 534 g/mol. The summed E-state index contributed by atoms with van der Waals surface area (Å²) in [6.07, 6.45) is 0. The Labute approximate surface area is 222 Å². The standard InChI is InChI=1S/C29H30N2O6S/c1-21-8-13-26(14-9-21)38(33,34)31(27-19-24(35-2)12-15-28(27)36-3)20-29(32)30-16-17-37-25-11-10-22-6-4-5-7-23(22)18-25/h4-15,18-19H,16-17,20H2,1-3H3,(H,30,32). The summed E-state index contributed by atoms with van der Waals surface area (Å²) in [4.78, 5) is 13.0. The number of carbonyl (C=O) groups is 1. The first-order valence-electron chi connectivity index (χ1n) is 12.0. The molecule has 0 unspecified atom stereocenters. The topological polar surface area (TPSA) is 94.2 Å². The summed E-state index contributed by atoms with van der Waals surface area (Å²) in [7, 11) is -1.20. The van der Waals surface area contributed by atoms with E-state index in [-0.39, 0.29) is 29.5 Å². The number of rotatable bonds is 11. The molecule has 0 fully saturated rings. The number of sulfonamides is 1. The molecule has 0 radical (unpaired) electrons. The van der Waals surface area contributed by atoms with Crippen molar-refractivity contribution in [2.45, 2.75) is 11.8 Å². The number of anilines is 1. The van der Waals surface area contributed by atoms with E-state index in [0.29, 0.717) is 11.5 Å². The van der Waals surface area contributed by atoms with Gasteiger partial charge in [0.05, 0.1) is 31.3 Å². The molecule has 0 bridgehead atoms. The maximum atomic E-state index is 13.7. The van der Waals surface area contributed by atoms with Gasteiger partial charge in [-0.15, -0.1) is 0 Å². The number of aryl methyl sites for hydroxylation is 1. The fraction of sp³-hybridized carbons (Fsp3) is 0.207. The zero-order valence-corrected chi connectivity index (χ0v) is 22.3. The second-order valence-electron chi connectivity index (χ2n) is 8.57. The molecule has 4 rings (SSSR count). The third-order valence-corrected chi connectivity index (χ3v) is 7.74. The molecular weight excluding hydrogens is 504 g/mol. The second kappa shape index (κ2) is 11.9. The Morgan fingerprint density at radius 3 is 2.26 bits per heavy atom. The Morgan fingerprint density at radius 1 is 0.842 bits per heavy atom. The number of nitrogens with one attached hydrogen (secondary N) is 1. The lowest BCUT2D eigenvalue weighted by molar-refractivity contribution is -0.119. The molecule has 1 amide bonds. The van der Waals surface area contributed by atoms with Crippen molar-refractivity contribution in [1.29, 1.82) is 0 Å². The maximum absolute atomic E-state index is 13.7. The first-order valence-corrected chi connectivity index (χ1v) is 13.5. The van der Waals surface area contributed by atoms with Crippen LogP contribution < -0.4 is 23.8 Å². The molecule has 0 aliphatic carbocycles. The molecular formula is C29H30N2O6S. The Bertz CT molecular complexity index is 1520. The number of methoxy groups -OCH3 is 2. The number of nitrogens with zero attached hydrogens (tertiary/aromatic N) is 1. The molecule has 4 aromatic carbocycles. The van der Waals surface area contributed by atoms with E-state index in [1.807, 2.05) is 49.4 Å². The third kappa shape index (κ3) is 6.18. The minimum absolute atomic E-state index is 0.0559. The summed E-state index contributed by atoms with van der Waals surface area (Å²) >= 11 is 0. The summed E-state index contributed by atoms with van der Waals surface area (Å²) in [6, 6.07) is 24.9. The number of benzene rings is 4. The van der Waals surface area contributed by atoms with E-state index >= 15 is 0 Å². The second-order valence-corrected chi connectivity index (χ2v) is 10.4. The highest BCUT2D eigenvalue weighted by molar-refractivity contribution is 7.92. The van der Waals surface area contributed by atoms with E-state index in [0.717, 1.165) is 20.6 Å². The van der Waals surface area contributed by atoms with E-state index in [1.54, 1.807) is 24.3 Å². The van der Waals surface area contributed by atoms with Crippen LogP contribution in [0.15, 0.2) is 89.8 Å². The quantitative estimate of drug-likeness (QED) is 0.284. The highest BCUT2D eigenvalue weighted by atomic mass is 32.2. The van der Waals surface area contributed by atoms with E-state index in [1.165, 1.54) is 32.4 Å². The zero-order chi connectivity index (χ0) is 27.1. The largest absolute Gasteiger partial charge is 0.497 e. The minimum atomic E-state index is -4.11. The maximum Gasteiger partial charge on any atom is 0.264 e. The van der Waals surface area contributed by atoms with Crippen LogP contribution in [0.3, 0.4) is 0 Å². The summed E-state index contributed by atoms with van der Waals surface area (Å²) in [5, 5.41) is 4.91. The Balaban J connectivity index is 1.50. The predicted octanol–water partition coefficient (Wildman–Crippen LogP) is 4.56. The lowest BCUT2D eigenvalue weighted by atomic mass is 10.1. The van der Waals surface area contributed by atoms with Crippen LogP contribution >= 0.6 is 0 Å². The highest BCUT2D eigenvalue weighted by Gasteiger charge is 2.30. The Kier molecular flexibility index (Phi) is 8.38. The van der Waals surface area contributed by atoms with Crippen molar-refractivity contribution >= 4 is 32.4 Å². The van der Waals surface area contributed by atoms with Gasteiger partial charge in [-0.05, 0) is 54.1 Å². The summed E-state index contributed by atoms with van der Waals surface area (Å²) in [6.45, 7) is 1.82. The first-order chi connectivity index (χ1) is 18.3. The number of amides is 1. The fourth-order valence-electron chi connectivity index (χ4n) is 3.93. The van der Waals surface area contributed by atoms with Crippen LogP contribution in [0.5, 0.6) is 17.2 Å². The average molecular weight is 535 g/mol. The van der Waals surface area contributed by atoms with Gasteiger partial charge in [0.1, 0.15) is 30.4 Å². The van der Waals surface area contributed by atoms with Crippen LogP contribution in [-0.4, -0.2) is 48.2 Å². The van der Waals surface area contributed by atoms with Gasteiger partial charge in [-0.3, -0.25) is 9.10 Å². The van der Waals surface area contributed by atoms with Crippen LogP contribution in [0.1, 0.15) is 5.56 Å². The van der Waals surface area contributed by atoms with E-state index in [2.05, 4.69) is 5.32 Å². The molecule has 198 valence electrons. The van der Waals surface area contributed by atoms with Gasteiger partial charge in [0.2, 0.25) is 5.91 Å². The number of hydrogen-bond acceptors (Lipinski definition) is 6. The van der Waals surface area contributed by atoms with Crippen molar-refractivity contribution in [2.24, 2.45) is 0 Å². The van der Waals surface area contributed by atoms with Crippen molar-refractivity contribution in [2.75, 3.05) is 38.2 Å². The smallest absolute Gasteiger partial charge is 0.264 e. The van der Waals surface area contributed by atoms with Crippen LogP contribution in [0.25, 0.3) is 10.8 Å². The van der Waals surface area contributed by atoms with Gasteiger partial charge in [0.25, 0.3) is 10.0 Å². The SMILES string of the molecule is COc1ccc(OC)c(N(CC(=O)NCCOc2ccc3ccccc3c2)S(=O)(=O)c2ccc(C)cc2)c1. The molecule has 8 nitrogen and oxygen atoms in total. The van der Waals surface area contributed by atoms with Crippen molar-refractivity contribution in [3.63, 3.8) is 0 Å². The molecule has 0 heterocycles. The van der Waals surface area contributed by atoms with Gasteiger partial charge < -0.3 is 19.5 Å². The molecule has 0 atom stereocenters. The third-order valence-electron chi connectivity index (χ3n) is 5.96. The molecule has 1 N–H and O–H groups in total. The van der Waals surface area contributed by atoms with Gasteiger partial charge >= 0.3 is 0 Å². The highest BCUT2D eigenvalue weighted by Crippen LogP contribution is 2.35. The van der Waals surface area contributed by atoms with E-state index in [4.69, 9.17) is 14.2 Å². The summed E-state index contributed by atoms with van der Waals surface area (Å²) in [5.41, 5.74) is 1.11. The molecule has 0 aliphatic heterocycles. The molecule has 38 heavy (non-hydrogen) atoms. The van der Waals surface area contributed by atoms with Crippen molar-refractivity contribution in [3.8, 4) is 17.2 Å². The van der Waals surface area contributed by atoms with Crippen LogP contribution in [0.4, 0.5) is 5.69 Å². The van der Waals surface area contributed by atoms with Crippen molar-refractivity contribution in [3.05, 3.63) is 90.5 Å². The fourth-order valence-corrected chi connectivity index (χ4v) is 5.35. The zero-order valence-electron chi connectivity index (χ0n) is 21.5. The van der Waals surface area contributed by atoms with Crippen LogP contribution in [0, 0.1) is 6.92 Å². The molecule has 0 saturated carbocycles. The first kappa shape index (κ1) is 26.8. The lowest BCUT2D eigenvalue weighted by Crippen LogP contribution is -2.42. The number of ether oxygens (including phenoxy) is 3. The number of fused-ring (bicyclic) bond motifs is 1. The predicted molar refractivity (Wildman–Crippen MR) is 148 cm³/mol. The minimum Gasteiger partial charge on any atom is -0.497 e. The Hall–Kier alpha value is -4.24.